The molecule has 3 N–H and O–H groups in total. The van der Waals surface area contributed by atoms with Gasteiger partial charge in [-0.3, -0.25) is 14.9 Å². The Labute approximate surface area is 257 Å². The highest BCUT2D eigenvalue weighted by Gasteiger charge is 2.36. The summed E-state index contributed by atoms with van der Waals surface area (Å²) in [5.74, 6) is -0.458. The van der Waals surface area contributed by atoms with Crippen molar-refractivity contribution in [3.8, 4) is 5.75 Å². The number of carbonyl (C=O) groups excluding carboxylic acids is 3. The van der Waals surface area contributed by atoms with Crippen LogP contribution in [0.25, 0.3) is 21.7 Å². The lowest BCUT2D eigenvalue weighted by Gasteiger charge is -2.19. The molecule has 11 nitrogen and oxygen atoms in total. The minimum Gasteiger partial charge on any atom is -0.507 e. The number of aromatic nitrogens is 2. The molecule has 44 heavy (non-hydrogen) atoms. The Bertz CT molecular complexity index is 1960. The molecule has 0 saturated carbocycles. The molecular weight excluding hydrogens is 586 g/mol. The van der Waals surface area contributed by atoms with E-state index in [9.17, 15) is 19.5 Å². The molecule has 12 heteroatoms. The van der Waals surface area contributed by atoms with Crippen molar-refractivity contribution in [3.05, 3.63) is 77.9 Å². The summed E-state index contributed by atoms with van der Waals surface area (Å²) in [5, 5.41) is 18.2. The Balaban J connectivity index is 1.21. The molecule has 5 aromatic rings. The lowest BCUT2D eigenvalue weighted by Crippen LogP contribution is -2.32. The number of amides is 3. The van der Waals surface area contributed by atoms with Crippen LogP contribution in [0.15, 0.2) is 65.2 Å². The molecule has 0 spiro atoms. The number of furan rings is 1. The Kier molecular flexibility index (Phi) is 7.21. The van der Waals surface area contributed by atoms with E-state index in [2.05, 4.69) is 15.6 Å². The number of fused-ring (bicyclic) bond motifs is 4. The van der Waals surface area contributed by atoms with E-state index >= 15 is 0 Å². The van der Waals surface area contributed by atoms with E-state index in [4.69, 9.17) is 20.8 Å². The predicted molar refractivity (Wildman–Crippen MR) is 168 cm³/mol. The quantitative estimate of drug-likeness (QED) is 0.189. The average Bonchev–Trinajstić information content (AvgIpc) is 3.66. The summed E-state index contributed by atoms with van der Waals surface area (Å²) in [6, 6.07) is 15.5. The summed E-state index contributed by atoms with van der Waals surface area (Å²) in [6.45, 7) is 5.63. The van der Waals surface area contributed by atoms with Gasteiger partial charge in [0.2, 0.25) is 5.82 Å². The summed E-state index contributed by atoms with van der Waals surface area (Å²) < 4.78 is 12.5. The monoisotopic (exact) mass is 615 g/mol. The second kappa shape index (κ2) is 10.9. The third-order valence-corrected chi connectivity index (χ3v) is 7.64. The predicted octanol–water partition coefficient (Wildman–Crippen LogP) is 6.61. The van der Waals surface area contributed by atoms with E-state index in [1.807, 2.05) is 24.3 Å². The number of ether oxygens (including phenoxy) is 1. The van der Waals surface area contributed by atoms with Crippen molar-refractivity contribution in [2.24, 2.45) is 7.05 Å². The average molecular weight is 616 g/mol. The molecule has 0 fully saturated rings. The van der Waals surface area contributed by atoms with Crippen LogP contribution in [0.4, 0.5) is 22.0 Å². The molecular formula is C32H30ClN5O6. The SMILES string of the molecule is Cn1cc(NC(=O)c2cc3cc(NC(=O)OC(C)(C)C)ccc3o2)nc1C(=O)N1C[C@@H](CCl)c2c1cc(O)c1ccccc21. The van der Waals surface area contributed by atoms with Crippen LogP contribution in [0.1, 0.15) is 53.4 Å². The molecule has 3 amide bonds. The minimum atomic E-state index is -0.644. The van der Waals surface area contributed by atoms with Gasteiger partial charge >= 0.3 is 6.09 Å². The molecule has 1 atom stereocenters. The van der Waals surface area contributed by atoms with Gasteiger partial charge in [-0.15, -0.1) is 11.6 Å². The van der Waals surface area contributed by atoms with Gasteiger partial charge in [0, 0.05) is 54.1 Å². The van der Waals surface area contributed by atoms with Crippen LogP contribution in [0.2, 0.25) is 0 Å². The summed E-state index contributed by atoms with van der Waals surface area (Å²) in [6.07, 6.45) is 0.935. The van der Waals surface area contributed by atoms with Crippen molar-refractivity contribution in [1.29, 1.82) is 0 Å². The number of alkyl halides is 1. The summed E-state index contributed by atoms with van der Waals surface area (Å²) in [4.78, 5) is 44.9. The number of aromatic hydroxyl groups is 1. The first-order valence-electron chi connectivity index (χ1n) is 13.9. The molecule has 0 saturated heterocycles. The number of hydrogen-bond acceptors (Lipinski definition) is 7. The highest BCUT2D eigenvalue weighted by Crippen LogP contribution is 2.45. The molecule has 3 heterocycles. The number of carbonyl (C=O) groups is 3. The van der Waals surface area contributed by atoms with E-state index in [0.717, 1.165) is 10.9 Å². The van der Waals surface area contributed by atoms with Crippen LogP contribution in [0, 0.1) is 0 Å². The van der Waals surface area contributed by atoms with Gasteiger partial charge in [0.1, 0.15) is 16.9 Å². The maximum Gasteiger partial charge on any atom is 0.412 e. The smallest absolute Gasteiger partial charge is 0.412 e. The molecule has 3 aromatic carbocycles. The third kappa shape index (κ3) is 5.42. The van der Waals surface area contributed by atoms with Gasteiger partial charge in [-0.2, -0.15) is 0 Å². The lowest BCUT2D eigenvalue weighted by atomic mass is 9.95. The molecule has 2 aromatic heterocycles. The van der Waals surface area contributed by atoms with Crippen LogP contribution in [-0.2, 0) is 11.8 Å². The van der Waals surface area contributed by atoms with Crippen molar-refractivity contribution in [2.45, 2.75) is 32.3 Å². The van der Waals surface area contributed by atoms with E-state index in [-0.39, 0.29) is 29.1 Å². The Morgan fingerprint density at radius 3 is 2.57 bits per heavy atom. The third-order valence-electron chi connectivity index (χ3n) is 7.27. The van der Waals surface area contributed by atoms with Crippen LogP contribution < -0.4 is 15.5 Å². The number of benzene rings is 3. The summed E-state index contributed by atoms with van der Waals surface area (Å²) in [5.41, 5.74) is 1.76. The summed E-state index contributed by atoms with van der Waals surface area (Å²) >= 11 is 6.32. The zero-order valence-electron chi connectivity index (χ0n) is 24.5. The fraction of sp³-hybridized carbons (Fsp3) is 0.250. The van der Waals surface area contributed by atoms with Crippen molar-refractivity contribution >= 4 is 68.4 Å². The fourth-order valence-corrected chi connectivity index (χ4v) is 5.68. The van der Waals surface area contributed by atoms with Crippen LogP contribution in [-0.4, -0.2) is 50.6 Å². The molecule has 1 aliphatic rings. The fourth-order valence-electron chi connectivity index (χ4n) is 5.42. The van der Waals surface area contributed by atoms with Gasteiger partial charge in [-0.25, -0.2) is 9.78 Å². The van der Waals surface area contributed by atoms with Crippen molar-refractivity contribution in [1.82, 2.24) is 9.55 Å². The highest BCUT2D eigenvalue weighted by atomic mass is 35.5. The normalized spacial score (nSPS) is 14.6. The number of anilines is 3. The van der Waals surface area contributed by atoms with Crippen molar-refractivity contribution in [2.75, 3.05) is 28.0 Å². The maximum atomic E-state index is 13.8. The van der Waals surface area contributed by atoms with E-state index in [1.54, 1.807) is 63.1 Å². The Morgan fingerprint density at radius 2 is 1.84 bits per heavy atom. The zero-order chi connectivity index (χ0) is 31.3. The number of hydrogen-bond donors (Lipinski definition) is 3. The first-order valence-corrected chi connectivity index (χ1v) is 14.5. The van der Waals surface area contributed by atoms with Crippen LogP contribution in [0.5, 0.6) is 5.75 Å². The lowest BCUT2D eigenvalue weighted by molar-refractivity contribution is 0.0635. The number of nitrogens with one attached hydrogen (secondary N) is 2. The van der Waals surface area contributed by atoms with Crippen molar-refractivity contribution in [3.63, 3.8) is 0 Å². The second-order valence-electron chi connectivity index (χ2n) is 11.6. The van der Waals surface area contributed by atoms with Gasteiger partial charge in [0.05, 0.1) is 5.69 Å². The van der Waals surface area contributed by atoms with Gasteiger partial charge in [0.25, 0.3) is 11.8 Å². The van der Waals surface area contributed by atoms with Crippen LogP contribution >= 0.6 is 11.6 Å². The Hall–Kier alpha value is -5.03. The number of rotatable bonds is 5. The molecule has 1 aliphatic heterocycles. The molecule has 0 aliphatic carbocycles. The zero-order valence-corrected chi connectivity index (χ0v) is 25.2. The number of aryl methyl sites for hydroxylation is 1. The van der Waals surface area contributed by atoms with Gasteiger partial charge in [-0.1, -0.05) is 24.3 Å². The number of halogens is 1. The topological polar surface area (TPSA) is 139 Å². The number of imidazole rings is 1. The summed E-state index contributed by atoms with van der Waals surface area (Å²) in [7, 11) is 1.66. The van der Waals surface area contributed by atoms with Crippen LogP contribution in [0.3, 0.4) is 0 Å². The molecule has 0 bridgehead atoms. The largest absolute Gasteiger partial charge is 0.507 e. The van der Waals surface area contributed by atoms with Gasteiger partial charge in [-0.05, 0) is 56.0 Å². The standard InChI is InChI=1S/C32H30ClN5O6/c1-32(2,3)44-31(42)34-19-9-10-24-17(11-19)12-25(43-24)29(40)36-26-16-37(4)28(35-26)30(41)38-15-18(14-33)27-21-8-6-5-7-20(21)23(39)13-22(27)38/h5-13,16,18,39H,14-15H2,1-4H3,(H,34,42)(H,36,40)/t18-/m1/s1. The Morgan fingerprint density at radius 1 is 1.09 bits per heavy atom. The van der Waals surface area contributed by atoms with Gasteiger partial charge < -0.3 is 29.0 Å². The first kappa shape index (κ1) is 29.1. The van der Waals surface area contributed by atoms with E-state index in [1.165, 1.54) is 10.8 Å². The molecule has 0 radical (unpaired) electrons. The van der Waals surface area contributed by atoms with Gasteiger partial charge in [0.15, 0.2) is 11.6 Å². The second-order valence-corrected chi connectivity index (χ2v) is 12.0. The van der Waals surface area contributed by atoms with E-state index < -0.39 is 23.5 Å². The first-order chi connectivity index (χ1) is 20.9. The number of phenolic OH excluding ortho intramolecular Hbond substituents is 1. The molecule has 226 valence electrons. The minimum absolute atomic E-state index is 0.0220. The van der Waals surface area contributed by atoms with Crippen molar-refractivity contribution < 1.29 is 28.6 Å². The maximum absolute atomic E-state index is 13.8. The highest BCUT2D eigenvalue weighted by molar-refractivity contribution is 6.19. The van der Waals surface area contributed by atoms with E-state index in [0.29, 0.717) is 40.2 Å². The molecule has 0 unspecified atom stereocenters. The number of phenols is 1. The molecule has 6 rings (SSSR count). The number of nitrogens with zero attached hydrogens (tertiary/aromatic N) is 3.